The number of rotatable bonds is 6. The quantitative estimate of drug-likeness (QED) is 0.640. The minimum Gasteiger partial charge on any atom is -0.370 e. The second-order valence-corrected chi connectivity index (χ2v) is 7.90. The molecule has 1 aliphatic rings. The van der Waals surface area contributed by atoms with Crippen LogP contribution >= 0.6 is 27.7 Å². The van der Waals surface area contributed by atoms with E-state index in [-0.39, 0.29) is 11.7 Å². The zero-order valence-electron chi connectivity index (χ0n) is 13.8. The van der Waals surface area contributed by atoms with E-state index in [1.54, 1.807) is 17.8 Å². The summed E-state index contributed by atoms with van der Waals surface area (Å²) in [7, 11) is 0. The molecular weight excluding hydrogens is 403 g/mol. The first kappa shape index (κ1) is 18.3. The van der Waals surface area contributed by atoms with Crippen molar-refractivity contribution in [1.82, 2.24) is 0 Å². The molecule has 0 radical (unpaired) electrons. The molecule has 1 aliphatic heterocycles. The maximum Gasteiger partial charge on any atom is 0.225 e. The Kier molecular flexibility index (Phi) is 6.37. The van der Waals surface area contributed by atoms with Crippen LogP contribution in [0.25, 0.3) is 0 Å². The summed E-state index contributed by atoms with van der Waals surface area (Å²) in [6.07, 6.45) is 2.54. The minimum absolute atomic E-state index is 0.162. The molecule has 1 N–H and O–H groups in total. The number of thioether (sulfide) groups is 1. The van der Waals surface area contributed by atoms with E-state index < -0.39 is 0 Å². The van der Waals surface area contributed by atoms with E-state index in [0.717, 1.165) is 41.0 Å². The van der Waals surface area contributed by atoms with Crippen molar-refractivity contribution in [3.63, 3.8) is 0 Å². The Hall–Kier alpha value is -1.53. The Labute approximate surface area is 160 Å². The molecule has 0 aromatic heterocycles. The predicted octanol–water partition coefficient (Wildman–Crippen LogP) is 5.31. The Balaban J connectivity index is 1.60. The number of para-hydroxylation sites is 1. The van der Waals surface area contributed by atoms with E-state index in [1.807, 2.05) is 30.3 Å². The standard InChI is InChI=1S/C19H20BrFN2OS/c20-14-6-1-2-9-17(14)25-13-10-18(24)22-19-15(21)7-5-8-16(19)23-11-3-4-12-23/h1-2,5-9H,3-4,10-13H2,(H,22,24). The molecule has 0 saturated carbocycles. The summed E-state index contributed by atoms with van der Waals surface area (Å²) in [4.78, 5) is 15.5. The molecule has 3 nitrogen and oxygen atoms in total. The van der Waals surface area contributed by atoms with Crippen LogP contribution in [0.2, 0.25) is 0 Å². The van der Waals surface area contributed by atoms with Crippen LogP contribution in [-0.2, 0) is 4.79 Å². The van der Waals surface area contributed by atoms with Gasteiger partial charge in [0.15, 0.2) is 0 Å². The summed E-state index contributed by atoms with van der Waals surface area (Å²) >= 11 is 5.11. The predicted molar refractivity (Wildman–Crippen MR) is 106 cm³/mol. The number of hydrogen-bond acceptors (Lipinski definition) is 3. The average molecular weight is 423 g/mol. The van der Waals surface area contributed by atoms with Gasteiger partial charge < -0.3 is 10.2 Å². The molecule has 25 heavy (non-hydrogen) atoms. The van der Waals surface area contributed by atoms with Gasteiger partial charge in [-0.15, -0.1) is 11.8 Å². The van der Waals surface area contributed by atoms with Gasteiger partial charge in [-0.1, -0.05) is 18.2 Å². The van der Waals surface area contributed by atoms with E-state index in [4.69, 9.17) is 0 Å². The van der Waals surface area contributed by atoms with Gasteiger partial charge in [0.2, 0.25) is 5.91 Å². The van der Waals surface area contributed by atoms with Gasteiger partial charge >= 0.3 is 0 Å². The molecule has 6 heteroatoms. The first-order valence-corrected chi connectivity index (χ1v) is 10.1. The smallest absolute Gasteiger partial charge is 0.225 e. The van der Waals surface area contributed by atoms with Gasteiger partial charge in [0, 0.05) is 34.6 Å². The zero-order valence-corrected chi connectivity index (χ0v) is 16.2. The highest BCUT2D eigenvalue weighted by Gasteiger charge is 2.19. The van der Waals surface area contributed by atoms with Crippen LogP contribution in [-0.4, -0.2) is 24.7 Å². The Morgan fingerprint density at radius 1 is 1.16 bits per heavy atom. The summed E-state index contributed by atoms with van der Waals surface area (Å²) < 4.78 is 15.3. The van der Waals surface area contributed by atoms with Crippen LogP contribution in [0.4, 0.5) is 15.8 Å². The van der Waals surface area contributed by atoms with Crippen LogP contribution in [0.5, 0.6) is 0 Å². The van der Waals surface area contributed by atoms with Crippen LogP contribution in [0.1, 0.15) is 19.3 Å². The average Bonchev–Trinajstić information content (AvgIpc) is 3.13. The molecule has 2 aromatic rings. The lowest BCUT2D eigenvalue weighted by Gasteiger charge is -2.22. The third-order valence-corrected chi connectivity index (χ3v) is 6.16. The second kappa shape index (κ2) is 8.72. The zero-order chi connectivity index (χ0) is 17.6. The van der Waals surface area contributed by atoms with E-state index >= 15 is 0 Å². The number of nitrogens with zero attached hydrogens (tertiary/aromatic N) is 1. The van der Waals surface area contributed by atoms with Crippen LogP contribution < -0.4 is 10.2 Å². The van der Waals surface area contributed by atoms with Gasteiger partial charge in [0.1, 0.15) is 11.5 Å². The van der Waals surface area contributed by atoms with Gasteiger partial charge in [-0.25, -0.2) is 4.39 Å². The van der Waals surface area contributed by atoms with Crippen LogP contribution in [0.3, 0.4) is 0 Å². The number of amides is 1. The molecule has 3 rings (SSSR count). The summed E-state index contributed by atoms with van der Waals surface area (Å²) in [5, 5.41) is 2.78. The third-order valence-electron chi connectivity index (χ3n) is 4.13. The Morgan fingerprint density at radius 3 is 2.68 bits per heavy atom. The molecule has 1 amide bonds. The maximum absolute atomic E-state index is 14.3. The van der Waals surface area contributed by atoms with Gasteiger partial charge in [-0.3, -0.25) is 4.79 Å². The van der Waals surface area contributed by atoms with E-state index in [1.165, 1.54) is 6.07 Å². The number of anilines is 2. The molecule has 0 spiro atoms. The second-order valence-electron chi connectivity index (χ2n) is 5.91. The van der Waals surface area contributed by atoms with E-state index in [9.17, 15) is 9.18 Å². The molecular formula is C19H20BrFN2OS. The molecule has 1 fully saturated rings. The summed E-state index contributed by atoms with van der Waals surface area (Å²) in [6, 6.07) is 12.9. The van der Waals surface area contributed by atoms with Crippen molar-refractivity contribution >= 4 is 45.0 Å². The van der Waals surface area contributed by atoms with Crippen molar-refractivity contribution in [2.75, 3.05) is 29.1 Å². The number of nitrogens with one attached hydrogen (secondary N) is 1. The highest BCUT2D eigenvalue weighted by molar-refractivity contribution is 9.10. The van der Waals surface area contributed by atoms with Gasteiger partial charge in [-0.2, -0.15) is 0 Å². The number of hydrogen-bond donors (Lipinski definition) is 1. The molecule has 0 atom stereocenters. The van der Waals surface area contributed by atoms with E-state index in [0.29, 0.717) is 17.9 Å². The maximum atomic E-state index is 14.3. The largest absolute Gasteiger partial charge is 0.370 e. The Morgan fingerprint density at radius 2 is 1.92 bits per heavy atom. The monoisotopic (exact) mass is 422 g/mol. The fraction of sp³-hybridized carbons (Fsp3) is 0.316. The van der Waals surface area contributed by atoms with Gasteiger partial charge in [0.25, 0.3) is 0 Å². The molecule has 2 aromatic carbocycles. The molecule has 0 aliphatic carbocycles. The molecule has 1 saturated heterocycles. The first-order valence-electron chi connectivity index (χ1n) is 8.36. The SMILES string of the molecule is O=C(CCSc1ccccc1Br)Nc1c(F)cccc1N1CCCC1. The fourth-order valence-electron chi connectivity index (χ4n) is 2.88. The summed E-state index contributed by atoms with van der Waals surface area (Å²) in [5.74, 6) is 0.100. The topological polar surface area (TPSA) is 32.3 Å². The molecule has 1 heterocycles. The lowest BCUT2D eigenvalue weighted by Crippen LogP contribution is -2.22. The van der Waals surface area contributed by atoms with Gasteiger partial charge in [-0.05, 0) is 53.0 Å². The van der Waals surface area contributed by atoms with Crippen molar-refractivity contribution in [2.45, 2.75) is 24.2 Å². The number of carbonyl (C=O) groups is 1. The minimum atomic E-state index is -0.379. The lowest BCUT2D eigenvalue weighted by molar-refractivity contribution is -0.115. The van der Waals surface area contributed by atoms with Crippen molar-refractivity contribution in [1.29, 1.82) is 0 Å². The summed E-state index contributed by atoms with van der Waals surface area (Å²) in [6.45, 7) is 1.81. The third kappa shape index (κ3) is 4.76. The lowest BCUT2D eigenvalue weighted by atomic mass is 10.2. The van der Waals surface area contributed by atoms with Crippen molar-refractivity contribution in [3.8, 4) is 0 Å². The number of benzene rings is 2. The normalized spacial score (nSPS) is 13.9. The van der Waals surface area contributed by atoms with Crippen molar-refractivity contribution in [3.05, 3.63) is 52.8 Å². The molecule has 0 bridgehead atoms. The molecule has 0 unspecified atom stereocenters. The first-order chi connectivity index (χ1) is 12.1. The van der Waals surface area contributed by atoms with Crippen molar-refractivity contribution < 1.29 is 9.18 Å². The number of carbonyl (C=O) groups excluding carboxylic acids is 1. The highest BCUT2D eigenvalue weighted by Crippen LogP contribution is 2.32. The van der Waals surface area contributed by atoms with Crippen molar-refractivity contribution in [2.24, 2.45) is 0 Å². The fourth-order valence-corrected chi connectivity index (χ4v) is 4.39. The van der Waals surface area contributed by atoms with Crippen LogP contribution in [0.15, 0.2) is 51.8 Å². The van der Waals surface area contributed by atoms with Gasteiger partial charge in [0.05, 0.1) is 5.69 Å². The van der Waals surface area contributed by atoms with Crippen LogP contribution in [0, 0.1) is 5.82 Å². The Bertz CT molecular complexity index is 750. The number of halogens is 2. The molecule has 132 valence electrons. The summed E-state index contributed by atoms with van der Waals surface area (Å²) in [5.41, 5.74) is 1.09. The van der Waals surface area contributed by atoms with E-state index in [2.05, 4.69) is 26.1 Å². The highest BCUT2D eigenvalue weighted by atomic mass is 79.9.